The van der Waals surface area contributed by atoms with Gasteiger partial charge >= 0.3 is 6.09 Å². The molecule has 0 spiro atoms. The van der Waals surface area contributed by atoms with Crippen LogP contribution in [-0.4, -0.2) is 81.6 Å². The number of alkyl carbamates (subject to hydrolysis) is 1. The molecule has 3 N–H and O–H groups in total. The number of halogens is 1. The topological polar surface area (TPSA) is 87.2 Å². The van der Waals surface area contributed by atoms with Crippen LogP contribution < -0.4 is 16.0 Å². The molecule has 1 fully saturated rings. The number of nitrogens with zero attached hydrogens (tertiary/aromatic N) is 2. The van der Waals surface area contributed by atoms with Crippen LogP contribution in [0.5, 0.6) is 0 Å². The van der Waals surface area contributed by atoms with Gasteiger partial charge in [0.15, 0.2) is 5.96 Å². The molecular weight excluding hydrogens is 473 g/mol. The highest BCUT2D eigenvalue weighted by Gasteiger charge is 2.18. The van der Waals surface area contributed by atoms with E-state index >= 15 is 0 Å². The highest BCUT2D eigenvalue weighted by molar-refractivity contribution is 14.0. The van der Waals surface area contributed by atoms with Crippen molar-refractivity contribution in [2.75, 3.05) is 52.5 Å². The molecule has 8 nitrogen and oxygen atoms in total. The maximum Gasteiger partial charge on any atom is 0.407 e. The van der Waals surface area contributed by atoms with Crippen LogP contribution in [-0.2, 0) is 9.47 Å². The normalized spacial score (nSPS) is 17.4. The lowest BCUT2D eigenvalue weighted by molar-refractivity contribution is 0.0220. The Balaban J connectivity index is 0.00000729. The number of amides is 1. The van der Waals surface area contributed by atoms with Gasteiger partial charge in [-0.2, -0.15) is 0 Å². The molecule has 166 valence electrons. The molecule has 0 radical (unpaired) electrons. The van der Waals surface area contributed by atoms with E-state index in [4.69, 9.17) is 14.5 Å². The molecule has 0 aromatic rings. The number of hydrogen-bond acceptors (Lipinski definition) is 5. The van der Waals surface area contributed by atoms with Crippen LogP contribution in [0.15, 0.2) is 4.99 Å². The summed E-state index contributed by atoms with van der Waals surface area (Å²) in [4.78, 5) is 18.9. The monoisotopic (exact) mass is 513 g/mol. The second kappa shape index (κ2) is 16.0. The summed E-state index contributed by atoms with van der Waals surface area (Å²) in [5.41, 5.74) is 0. The van der Waals surface area contributed by atoms with Crippen molar-refractivity contribution in [1.29, 1.82) is 0 Å². The summed E-state index contributed by atoms with van der Waals surface area (Å²) in [6.45, 7) is 16.3. The summed E-state index contributed by atoms with van der Waals surface area (Å²) in [5.74, 6) is 1.25. The van der Waals surface area contributed by atoms with Crippen molar-refractivity contribution in [3.05, 3.63) is 0 Å². The van der Waals surface area contributed by atoms with E-state index in [0.29, 0.717) is 25.1 Å². The summed E-state index contributed by atoms with van der Waals surface area (Å²) in [5, 5.41) is 9.57. The van der Waals surface area contributed by atoms with Crippen LogP contribution in [0.2, 0.25) is 0 Å². The van der Waals surface area contributed by atoms with Crippen LogP contribution in [0.1, 0.15) is 41.0 Å². The molecule has 9 heteroatoms. The molecule has 0 bridgehead atoms. The van der Waals surface area contributed by atoms with Gasteiger partial charge in [-0.05, 0) is 33.1 Å². The summed E-state index contributed by atoms with van der Waals surface area (Å²) in [6, 6.07) is 0.359. The Morgan fingerprint density at radius 2 is 1.86 bits per heavy atom. The van der Waals surface area contributed by atoms with Crippen molar-refractivity contribution in [3.8, 4) is 0 Å². The van der Waals surface area contributed by atoms with Gasteiger partial charge in [-0.1, -0.05) is 13.8 Å². The Labute approximate surface area is 187 Å². The number of carbonyl (C=O) groups excluding carboxylic acids is 1. The molecule has 1 aliphatic heterocycles. The molecule has 1 heterocycles. The van der Waals surface area contributed by atoms with E-state index in [1.165, 1.54) is 0 Å². The Hall–Kier alpha value is -0.810. The lowest BCUT2D eigenvalue weighted by Crippen LogP contribution is -2.48. The molecular formula is C19H40IN5O3. The molecule has 28 heavy (non-hydrogen) atoms. The number of ether oxygens (including phenoxy) is 2. The van der Waals surface area contributed by atoms with Gasteiger partial charge < -0.3 is 25.4 Å². The SMILES string of the molecule is CCNC(=NCC(C)N1CCOCC1)NCC(CC(C)C)NC(=O)OCC.I. The molecule has 2 atom stereocenters. The average Bonchev–Trinajstić information content (AvgIpc) is 2.64. The smallest absolute Gasteiger partial charge is 0.407 e. The minimum absolute atomic E-state index is 0. The number of nitrogens with one attached hydrogen (secondary N) is 3. The quantitative estimate of drug-likeness (QED) is 0.236. The van der Waals surface area contributed by atoms with E-state index in [9.17, 15) is 4.79 Å². The fraction of sp³-hybridized carbons (Fsp3) is 0.895. The third kappa shape index (κ3) is 11.9. The Bertz CT molecular complexity index is 445. The highest BCUT2D eigenvalue weighted by atomic mass is 127. The molecule has 0 aromatic heterocycles. The predicted octanol–water partition coefficient (Wildman–Crippen LogP) is 2.04. The summed E-state index contributed by atoms with van der Waals surface area (Å²) in [7, 11) is 0. The van der Waals surface area contributed by atoms with Crippen LogP contribution in [0.4, 0.5) is 4.79 Å². The first-order valence-corrected chi connectivity index (χ1v) is 10.2. The van der Waals surface area contributed by atoms with E-state index in [-0.39, 0.29) is 36.1 Å². The van der Waals surface area contributed by atoms with Gasteiger partial charge in [0.25, 0.3) is 0 Å². The Morgan fingerprint density at radius 1 is 1.18 bits per heavy atom. The number of carbonyl (C=O) groups is 1. The summed E-state index contributed by atoms with van der Waals surface area (Å²) in [6.07, 6.45) is 0.503. The second-order valence-electron chi connectivity index (χ2n) is 7.29. The van der Waals surface area contributed by atoms with Crippen LogP contribution >= 0.6 is 24.0 Å². The molecule has 0 aromatic carbocycles. The fourth-order valence-corrected chi connectivity index (χ4v) is 3.02. The molecule has 1 amide bonds. The van der Waals surface area contributed by atoms with Crippen molar-refractivity contribution >= 4 is 36.0 Å². The van der Waals surface area contributed by atoms with Crippen molar-refractivity contribution in [2.45, 2.75) is 53.1 Å². The first-order valence-electron chi connectivity index (χ1n) is 10.2. The van der Waals surface area contributed by atoms with E-state index in [2.05, 4.69) is 41.6 Å². The lowest BCUT2D eigenvalue weighted by Gasteiger charge is -2.31. The standard InChI is InChI=1S/C19H39N5O3.HI/c1-6-20-18(21-13-16(5)24-8-10-26-11-9-24)22-14-17(12-15(3)4)23-19(25)27-7-2;/h15-17H,6-14H2,1-5H3,(H,23,25)(H2,20,21,22);1H. The van der Waals surface area contributed by atoms with Crippen LogP contribution in [0.3, 0.4) is 0 Å². The Kier molecular flexibility index (Phi) is 15.6. The van der Waals surface area contributed by atoms with Gasteiger partial charge in [-0.15, -0.1) is 24.0 Å². The first-order chi connectivity index (χ1) is 13.0. The molecule has 0 saturated carbocycles. The van der Waals surface area contributed by atoms with Crippen molar-refractivity contribution in [3.63, 3.8) is 0 Å². The fourth-order valence-electron chi connectivity index (χ4n) is 3.02. The van der Waals surface area contributed by atoms with E-state index in [1.54, 1.807) is 6.92 Å². The van der Waals surface area contributed by atoms with E-state index in [0.717, 1.165) is 51.8 Å². The number of morpholine rings is 1. The summed E-state index contributed by atoms with van der Waals surface area (Å²) < 4.78 is 10.4. The van der Waals surface area contributed by atoms with E-state index < -0.39 is 0 Å². The zero-order valence-corrected chi connectivity index (χ0v) is 20.5. The number of rotatable bonds is 10. The van der Waals surface area contributed by atoms with Crippen LogP contribution in [0.25, 0.3) is 0 Å². The van der Waals surface area contributed by atoms with Gasteiger partial charge in [0, 0.05) is 38.3 Å². The van der Waals surface area contributed by atoms with Gasteiger partial charge in [0.1, 0.15) is 0 Å². The molecule has 1 rings (SSSR count). The molecule has 1 saturated heterocycles. The first kappa shape index (κ1) is 27.2. The van der Waals surface area contributed by atoms with Gasteiger partial charge in [-0.25, -0.2) is 4.79 Å². The van der Waals surface area contributed by atoms with Gasteiger partial charge in [0.05, 0.1) is 26.4 Å². The second-order valence-corrected chi connectivity index (χ2v) is 7.29. The van der Waals surface area contributed by atoms with E-state index in [1.807, 2.05) is 6.92 Å². The highest BCUT2D eigenvalue weighted by Crippen LogP contribution is 2.05. The molecule has 0 aliphatic carbocycles. The maximum absolute atomic E-state index is 11.8. The molecule has 2 unspecified atom stereocenters. The van der Waals surface area contributed by atoms with Crippen LogP contribution in [0, 0.1) is 5.92 Å². The zero-order valence-electron chi connectivity index (χ0n) is 18.1. The Morgan fingerprint density at radius 3 is 2.43 bits per heavy atom. The predicted molar refractivity (Wildman–Crippen MR) is 125 cm³/mol. The maximum atomic E-state index is 11.8. The number of guanidine groups is 1. The largest absolute Gasteiger partial charge is 0.450 e. The minimum atomic E-state index is -0.368. The third-order valence-corrected chi connectivity index (χ3v) is 4.40. The third-order valence-electron chi connectivity index (χ3n) is 4.40. The van der Waals surface area contributed by atoms with Crippen molar-refractivity contribution in [1.82, 2.24) is 20.9 Å². The molecule has 1 aliphatic rings. The minimum Gasteiger partial charge on any atom is -0.450 e. The van der Waals surface area contributed by atoms with Crippen molar-refractivity contribution in [2.24, 2.45) is 10.9 Å². The zero-order chi connectivity index (χ0) is 20.1. The van der Waals surface area contributed by atoms with Crippen molar-refractivity contribution < 1.29 is 14.3 Å². The number of hydrogen-bond donors (Lipinski definition) is 3. The average molecular weight is 513 g/mol. The van der Waals surface area contributed by atoms with Gasteiger partial charge in [0.2, 0.25) is 0 Å². The number of aliphatic imine (C=N–C) groups is 1. The lowest BCUT2D eigenvalue weighted by atomic mass is 10.0. The summed E-state index contributed by atoms with van der Waals surface area (Å²) >= 11 is 0. The van der Waals surface area contributed by atoms with Gasteiger partial charge in [-0.3, -0.25) is 9.89 Å².